The lowest BCUT2D eigenvalue weighted by molar-refractivity contribution is -0.129. The first-order valence-electron chi connectivity index (χ1n) is 10.1. The topological polar surface area (TPSA) is 36.7 Å². The van der Waals surface area contributed by atoms with Crippen LogP contribution in [-0.4, -0.2) is 31.4 Å². The van der Waals surface area contributed by atoms with E-state index in [4.69, 9.17) is 4.42 Å². The van der Waals surface area contributed by atoms with E-state index < -0.39 is 0 Å². The SMILES string of the molecule is CC(=O)N(CCC(c1ccc(C)cc1)c1ccco1)Cc1ccc(N(C)C)cc1. The maximum Gasteiger partial charge on any atom is 0.219 e. The van der Waals surface area contributed by atoms with Gasteiger partial charge in [-0.2, -0.15) is 0 Å². The Balaban J connectivity index is 1.73. The summed E-state index contributed by atoms with van der Waals surface area (Å²) in [5.74, 6) is 1.15. The highest BCUT2D eigenvalue weighted by atomic mass is 16.3. The van der Waals surface area contributed by atoms with E-state index in [9.17, 15) is 4.79 Å². The summed E-state index contributed by atoms with van der Waals surface area (Å²) in [7, 11) is 4.05. The zero-order valence-electron chi connectivity index (χ0n) is 17.8. The van der Waals surface area contributed by atoms with Crippen LogP contribution in [0.2, 0.25) is 0 Å². The molecule has 0 bridgehead atoms. The number of amides is 1. The number of hydrogen-bond donors (Lipinski definition) is 0. The van der Waals surface area contributed by atoms with Crippen molar-refractivity contribution in [3.05, 3.63) is 89.4 Å². The quantitative estimate of drug-likeness (QED) is 0.529. The van der Waals surface area contributed by atoms with E-state index >= 15 is 0 Å². The van der Waals surface area contributed by atoms with Crippen LogP contribution in [0, 0.1) is 6.92 Å². The fourth-order valence-electron chi connectivity index (χ4n) is 3.51. The smallest absolute Gasteiger partial charge is 0.219 e. The molecule has 0 saturated carbocycles. The molecule has 0 aliphatic carbocycles. The minimum atomic E-state index is 0.0868. The molecule has 0 aliphatic heterocycles. The standard InChI is InChI=1S/C25H30N2O2/c1-19-7-11-22(12-8-19)24(25-6-5-17-29-25)15-16-27(20(2)28)18-21-9-13-23(14-10-21)26(3)4/h5-14,17,24H,15-16,18H2,1-4H3. The van der Waals surface area contributed by atoms with Crippen molar-refractivity contribution >= 4 is 11.6 Å². The molecule has 29 heavy (non-hydrogen) atoms. The molecule has 1 amide bonds. The second kappa shape index (κ2) is 9.46. The third-order valence-corrected chi connectivity index (χ3v) is 5.33. The fraction of sp³-hybridized carbons (Fsp3) is 0.320. The van der Waals surface area contributed by atoms with Gasteiger partial charge in [-0.15, -0.1) is 0 Å². The van der Waals surface area contributed by atoms with Crippen LogP contribution in [0.1, 0.15) is 41.7 Å². The van der Waals surface area contributed by atoms with Crippen LogP contribution in [0.4, 0.5) is 5.69 Å². The molecule has 4 nitrogen and oxygen atoms in total. The molecule has 3 aromatic rings. The van der Waals surface area contributed by atoms with E-state index in [1.54, 1.807) is 13.2 Å². The third-order valence-electron chi connectivity index (χ3n) is 5.33. The van der Waals surface area contributed by atoms with Gasteiger partial charge in [0, 0.05) is 45.7 Å². The van der Waals surface area contributed by atoms with Crippen LogP contribution in [0.25, 0.3) is 0 Å². The molecule has 152 valence electrons. The van der Waals surface area contributed by atoms with Crippen molar-refractivity contribution < 1.29 is 9.21 Å². The zero-order valence-corrected chi connectivity index (χ0v) is 17.8. The van der Waals surface area contributed by atoms with Crippen LogP contribution < -0.4 is 4.90 Å². The Morgan fingerprint density at radius 3 is 2.24 bits per heavy atom. The predicted octanol–water partition coefficient (Wildman–Crippen LogP) is 5.22. The van der Waals surface area contributed by atoms with Crippen LogP contribution in [-0.2, 0) is 11.3 Å². The highest BCUT2D eigenvalue weighted by Crippen LogP contribution is 2.29. The second-order valence-electron chi connectivity index (χ2n) is 7.77. The van der Waals surface area contributed by atoms with Gasteiger partial charge in [0.15, 0.2) is 0 Å². The van der Waals surface area contributed by atoms with E-state index in [-0.39, 0.29) is 11.8 Å². The Morgan fingerprint density at radius 2 is 1.69 bits per heavy atom. The predicted molar refractivity (Wildman–Crippen MR) is 118 cm³/mol. The van der Waals surface area contributed by atoms with Gasteiger partial charge in [0.05, 0.1) is 6.26 Å². The van der Waals surface area contributed by atoms with Crippen LogP contribution >= 0.6 is 0 Å². The first kappa shape index (κ1) is 20.7. The number of hydrogen-bond acceptors (Lipinski definition) is 3. The highest BCUT2D eigenvalue weighted by molar-refractivity contribution is 5.73. The van der Waals surface area contributed by atoms with Gasteiger partial charge in [-0.25, -0.2) is 0 Å². The average Bonchev–Trinajstić information content (AvgIpc) is 3.23. The van der Waals surface area contributed by atoms with Crippen LogP contribution in [0.3, 0.4) is 0 Å². The van der Waals surface area contributed by atoms with Gasteiger partial charge < -0.3 is 14.2 Å². The lowest BCUT2D eigenvalue weighted by Gasteiger charge is -2.24. The molecule has 1 atom stereocenters. The molecule has 3 rings (SSSR count). The maximum absolute atomic E-state index is 12.3. The summed E-state index contributed by atoms with van der Waals surface area (Å²) >= 11 is 0. The summed E-state index contributed by atoms with van der Waals surface area (Å²) in [4.78, 5) is 16.3. The number of carbonyl (C=O) groups is 1. The van der Waals surface area contributed by atoms with Gasteiger partial charge in [0.25, 0.3) is 0 Å². The van der Waals surface area contributed by atoms with Crippen LogP contribution in [0.15, 0.2) is 71.3 Å². The summed E-state index contributed by atoms with van der Waals surface area (Å²) in [6.45, 7) is 5.01. The molecule has 1 unspecified atom stereocenters. The molecule has 1 heterocycles. The summed E-state index contributed by atoms with van der Waals surface area (Å²) < 4.78 is 5.72. The fourth-order valence-corrected chi connectivity index (χ4v) is 3.51. The summed E-state index contributed by atoms with van der Waals surface area (Å²) in [5.41, 5.74) is 4.74. The third kappa shape index (κ3) is 5.50. The van der Waals surface area contributed by atoms with Crippen molar-refractivity contribution in [2.75, 3.05) is 25.5 Å². The van der Waals surface area contributed by atoms with Gasteiger partial charge >= 0.3 is 0 Å². The second-order valence-corrected chi connectivity index (χ2v) is 7.77. The summed E-state index contributed by atoms with van der Waals surface area (Å²) in [6.07, 6.45) is 2.53. The number of rotatable bonds is 8. The Morgan fingerprint density at radius 1 is 1.00 bits per heavy atom. The first-order chi connectivity index (χ1) is 13.9. The lowest BCUT2D eigenvalue weighted by atomic mass is 9.92. The molecule has 0 N–H and O–H groups in total. The Hall–Kier alpha value is -3.01. The highest BCUT2D eigenvalue weighted by Gasteiger charge is 2.19. The van der Waals surface area contributed by atoms with Gasteiger partial charge in [0.1, 0.15) is 5.76 Å². The molecule has 2 aromatic carbocycles. The van der Waals surface area contributed by atoms with E-state index in [1.165, 1.54) is 11.1 Å². The molecule has 0 aliphatic rings. The van der Waals surface area contributed by atoms with Crippen molar-refractivity contribution in [2.45, 2.75) is 32.7 Å². The molecule has 0 fully saturated rings. The molecule has 0 spiro atoms. The Kier molecular flexibility index (Phi) is 6.76. The summed E-state index contributed by atoms with van der Waals surface area (Å²) in [5, 5.41) is 0. The zero-order chi connectivity index (χ0) is 20.8. The number of carbonyl (C=O) groups excluding carboxylic acids is 1. The maximum atomic E-state index is 12.3. The molecular weight excluding hydrogens is 360 g/mol. The Bertz CT molecular complexity index is 897. The van der Waals surface area contributed by atoms with Gasteiger partial charge in [-0.05, 0) is 48.7 Å². The minimum Gasteiger partial charge on any atom is -0.469 e. The van der Waals surface area contributed by atoms with Crippen molar-refractivity contribution in [3.8, 4) is 0 Å². The number of anilines is 1. The van der Waals surface area contributed by atoms with Crippen LogP contribution in [0.5, 0.6) is 0 Å². The van der Waals surface area contributed by atoms with Gasteiger partial charge in [0.2, 0.25) is 5.91 Å². The largest absolute Gasteiger partial charge is 0.469 e. The molecule has 0 saturated heterocycles. The van der Waals surface area contributed by atoms with Crippen molar-refractivity contribution in [2.24, 2.45) is 0 Å². The van der Waals surface area contributed by atoms with Crippen molar-refractivity contribution in [1.29, 1.82) is 0 Å². The van der Waals surface area contributed by atoms with E-state index in [1.807, 2.05) is 31.1 Å². The van der Waals surface area contributed by atoms with E-state index in [0.29, 0.717) is 13.1 Å². The van der Waals surface area contributed by atoms with E-state index in [0.717, 1.165) is 23.4 Å². The average molecular weight is 391 g/mol. The minimum absolute atomic E-state index is 0.0868. The summed E-state index contributed by atoms with van der Waals surface area (Å²) in [6, 6.07) is 20.9. The Labute approximate surface area is 173 Å². The molecular formula is C25H30N2O2. The van der Waals surface area contributed by atoms with Crippen molar-refractivity contribution in [3.63, 3.8) is 0 Å². The molecule has 0 radical (unpaired) electrons. The molecule has 4 heteroatoms. The first-order valence-corrected chi connectivity index (χ1v) is 10.1. The lowest BCUT2D eigenvalue weighted by Crippen LogP contribution is -2.30. The number of nitrogens with zero attached hydrogens (tertiary/aromatic N) is 2. The van der Waals surface area contributed by atoms with E-state index in [2.05, 4.69) is 60.4 Å². The number of benzene rings is 2. The normalized spacial score (nSPS) is 11.9. The molecule has 1 aromatic heterocycles. The monoisotopic (exact) mass is 390 g/mol. The van der Waals surface area contributed by atoms with Crippen molar-refractivity contribution in [1.82, 2.24) is 4.90 Å². The number of furan rings is 1. The van der Waals surface area contributed by atoms with Gasteiger partial charge in [-0.1, -0.05) is 42.0 Å². The number of aryl methyl sites for hydroxylation is 1. The van der Waals surface area contributed by atoms with Gasteiger partial charge in [-0.3, -0.25) is 4.79 Å².